The van der Waals surface area contributed by atoms with E-state index in [1.807, 2.05) is 54.3 Å². The van der Waals surface area contributed by atoms with Gasteiger partial charge in [-0.1, -0.05) is 29.8 Å². The number of fused-ring (bicyclic) bond motifs is 1. The Hall–Kier alpha value is -2.44. The Morgan fingerprint density at radius 3 is 2.86 bits per heavy atom. The third-order valence-electron chi connectivity index (χ3n) is 4.83. The zero-order chi connectivity index (χ0) is 19.7. The molecule has 1 aliphatic heterocycles. The summed E-state index contributed by atoms with van der Waals surface area (Å²) < 4.78 is 0.680. The van der Waals surface area contributed by atoms with Crippen LogP contribution in [0.25, 0.3) is 21.5 Å². The highest BCUT2D eigenvalue weighted by Gasteiger charge is 2.23. The fourth-order valence-electron chi connectivity index (χ4n) is 3.52. The van der Waals surface area contributed by atoms with E-state index in [1.165, 1.54) is 11.3 Å². The summed E-state index contributed by atoms with van der Waals surface area (Å²) in [4.78, 5) is 32.3. The average Bonchev–Trinajstić information content (AvgIpc) is 3.29. The molecule has 1 N–H and O–H groups in total. The summed E-state index contributed by atoms with van der Waals surface area (Å²) in [6, 6.07) is 13.0. The number of likely N-dealkylation sites (tertiary alicyclic amines) is 1. The first-order valence-corrected chi connectivity index (χ1v) is 10.4. The number of nitrogens with one attached hydrogen (secondary N) is 1. The van der Waals surface area contributed by atoms with Gasteiger partial charge in [-0.3, -0.25) is 9.59 Å². The van der Waals surface area contributed by atoms with E-state index in [0.717, 1.165) is 34.4 Å². The van der Waals surface area contributed by atoms with Crippen molar-refractivity contribution in [1.82, 2.24) is 15.2 Å². The maximum absolute atomic E-state index is 13.0. The lowest BCUT2D eigenvalue weighted by Gasteiger charge is -2.22. The van der Waals surface area contributed by atoms with Crippen molar-refractivity contribution in [3.63, 3.8) is 0 Å². The molecule has 5 nitrogen and oxygen atoms in total. The first kappa shape index (κ1) is 18.9. The molecule has 1 fully saturated rings. The molecule has 2 aromatic heterocycles. The molecule has 4 rings (SSSR count). The first-order chi connectivity index (χ1) is 13.5. The lowest BCUT2D eigenvalue weighted by molar-refractivity contribution is -0.127. The number of thiophene rings is 1. The number of hydrogen-bond acceptors (Lipinski definition) is 4. The topological polar surface area (TPSA) is 62.3 Å². The third kappa shape index (κ3) is 3.88. The SMILES string of the molecule is C[C@@H](CN1CCCC1=O)NC(=O)c1cc(-c2ccc(Cl)s2)nc2ccccc12. The number of benzene rings is 1. The Kier molecular flexibility index (Phi) is 5.33. The number of halogens is 1. The highest BCUT2D eigenvalue weighted by Crippen LogP contribution is 2.32. The molecule has 0 bridgehead atoms. The van der Waals surface area contributed by atoms with Gasteiger partial charge in [0.1, 0.15) is 0 Å². The Morgan fingerprint density at radius 1 is 1.32 bits per heavy atom. The van der Waals surface area contributed by atoms with Gasteiger partial charge in [0, 0.05) is 30.9 Å². The smallest absolute Gasteiger partial charge is 0.252 e. The largest absolute Gasteiger partial charge is 0.348 e. The Bertz CT molecular complexity index is 1050. The zero-order valence-corrected chi connectivity index (χ0v) is 17.0. The number of pyridine rings is 1. The van der Waals surface area contributed by atoms with Crippen molar-refractivity contribution in [3.8, 4) is 10.6 Å². The van der Waals surface area contributed by atoms with Crippen molar-refractivity contribution in [2.45, 2.75) is 25.8 Å². The summed E-state index contributed by atoms with van der Waals surface area (Å²) in [7, 11) is 0. The Balaban J connectivity index is 1.62. The van der Waals surface area contributed by atoms with Crippen LogP contribution in [0.5, 0.6) is 0 Å². The number of hydrogen-bond donors (Lipinski definition) is 1. The molecule has 0 saturated carbocycles. The van der Waals surface area contributed by atoms with E-state index in [4.69, 9.17) is 16.6 Å². The summed E-state index contributed by atoms with van der Waals surface area (Å²) in [5.41, 5.74) is 2.06. The van der Waals surface area contributed by atoms with Crippen molar-refractivity contribution in [1.29, 1.82) is 0 Å². The molecule has 2 amide bonds. The van der Waals surface area contributed by atoms with Crippen LogP contribution in [-0.4, -0.2) is 40.8 Å². The van der Waals surface area contributed by atoms with Crippen molar-refractivity contribution in [2.75, 3.05) is 13.1 Å². The second-order valence-corrected chi connectivity index (χ2v) is 8.71. The van der Waals surface area contributed by atoms with Gasteiger partial charge >= 0.3 is 0 Å². The molecule has 0 spiro atoms. The van der Waals surface area contributed by atoms with E-state index >= 15 is 0 Å². The minimum atomic E-state index is -0.165. The second kappa shape index (κ2) is 7.89. The van der Waals surface area contributed by atoms with Crippen LogP contribution in [0.1, 0.15) is 30.1 Å². The van der Waals surface area contributed by atoms with Gasteiger partial charge in [-0.25, -0.2) is 4.98 Å². The Labute approximate surface area is 172 Å². The van der Waals surface area contributed by atoms with Gasteiger partial charge in [0.05, 0.1) is 26.0 Å². The summed E-state index contributed by atoms with van der Waals surface area (Å²) >= 11 is 7.50. The minimum absolute atomic E-state index is 0.138. The zero-order valence-electron chi connectivity index (χ0n) is 15.4. The molecule has 1 saturated heterocycles. The first-order valence-electron chi connectivity index (χ1n) is 9.25. The predicted molar refractivity (Wildman–Crippen MR) is 113 cm³/mol. The van der Waals surface area contributed by atoms with E-state index in [0.29, 0.717) is 22.9 Å². The molecular weight excluding hydrogens is 394 g/mol. The number of nitrogens with zero attached hydrogens (tertiary/aromatic N) is 2. The van der Waals surface area contributed by atoms with Gasteiger partial charge in [-0.05, 0) is 37.6 Å². The van der Waals surface area contributed by atoms with Crippen molar-refractivity contribution >= 4 is 45.7 Å². The van der Waals surface area contributed by atoms with Crippen LogP contribution >= 0.6 is 22.9 Å². The third-order valence-corrected chi connectivity index (χ3v) is 6.08. The van der Waals surface area contributed by atoms with Crippen LogP contribution in [0.2, 0.25) is 4.34 Å². The van der Waals surface area contributed by atoms with Crippen LogP contribution < -0.4 is 5.32 Å². The molecule has 0 aliphatic carbocycles. The average molecular weight is 414 g/mol. The second-order valence-electron chi connectivity index (χ2n) is 6.99. The summed E-state index contributed by atoms with van der Waals surface area (Å²) in [5, 5.41) is 3.84. The standard InChI is InChI=1S/C21H20ClN3O2S/c1-13(12-25-10-4-7-20(25)26)23-21(27)15-11-17(18-8-9-19(22)28-18)24-16-6-3-2-5-14(15)16/h2-3,5-6,8-9,11,13H,4,7,10,12H2,1H3,(H,23,27)/t13-/m0/s1. The van der Waals surface area contributed by atoms with E-state index in [-0.39, 0.29) is 17.9 Å². The van der Waals surface area contributed by atoms with E-state index in [2.05, 4.69) is 5.32 Å². The lowest BCUT2D eigenvalue weighted by atomic mass is 10.1. The lowest BCUT2D eigenvalue weighted by Crippen LogP contribution is -2.42. The fraction of sp³-hybridized carbons (Fsp3) is 0.286. The van der Waals surface area contributed by atoms with Gasteiger partial charge in [-0.15, -0.1) is 11.3 Å². The Morgan fingerprint density at radius 2 is 2.14 bits per heavy atom. The maximum atomic E-state index is 13.0. The van der Waals surface area contributed by atoms with Crippen molar-refractivity contribution in [2.24, 2.45) is 0 Å². The minimum Gasteiger partial charge on any atom is -0.348 e. The molecule has 1 aromatic carbocycles. The molecule has 3 aromatic rings. The molecular formula is C21H20ClN3O2S. The molecule has 144 valence electrons. The van der Waals surface area contributed by atoms with Gasteiger partial charge < -0.3 is 10.2 Å². The molecule has 1 atom stereocenters. The number of aromatic nitrogens is 1. The molecule has 0 radical (unpaired) electrons. The summed E-state index contributed by atoms with van der Waals surface area (Å²) in [5.74, 6) is -0.00558. The normalized spacial score (nSPS) is 15.2. The highest BCUT2D eigenvalue weighted by atomic mass is 35.5. The van der Waals surface area contributed by atoms with Crippen LogP contribution in [0.4, 0.5) is 0 Å². The van der Waals surface area contributed by atoms with Crippen LogP contribution in [-0.2, 0) is 4.79 Å². The fourth-order valence-corrected chi connectivity index (χ4v) is 4.52. The number of amides is 2. The number of carbonyl (C=O) groups is 2. The van der Waals surface area contributed by atoms with E-state index in [1.54, 1.807) is 0 Å². The van der Waals surface area contributed by atoms with Crippen LogP contribution in [0.15, 0.2) is 42.5 Å². The van der Waals surface area contributed by atoms with Crippen LogP contribution in [0.3, 0.4) is 0 Å². The molecule has 3 heterocycles. The van der Waals surface area contributed by atoms with Gasteiger partial charge in [0.2, 0.25) is 5.91 Å². The predicted octanol–water partition coefficient (Wildman–Crippen LogP) is 4.36. The van der Waals surface area contributed by atoms with Crippen LogP contribution in [0, 0.1) is 0 Å². The molecule has 1 aliphatic rings. The number of para-hydroxylation sites is 1. The summed E-state index contributed by atoms with van der Waals surface area (Å²) in [6.45, 7) is 3.22. The summed E-state index contributed by atoms with van der Waals surface area (Å²) in [6.07, 6.45) is 1.49. The molecule has 0 unspecified atom stereocenters. The van der Waals surface area contributed by atoms with E-state index in [9.17, 15) is 9.59 Å². The van der Waals surface area contributed by atoms with Gasteiger partial charge in [0.25, 0.3) is 5.91 Å². The molecule has 7 heteroatoms. The van der Waals surface area contributed by atoms with Gasteiger partial charge in [-0.2, -0.15) is 0 Å². The quantitative estimate of drug-likeness (QED) is 0.676. The van der Waals surface area contributed by atoms with Crippen molar-refractivity contribution in [3.05, 3.63) is 52.4 Å². The molecule has 28 heavy (non-hydrogen) atoms. The van der Waals surface area contributed by atoms with Gasteiger partial charge in [0.15, 0.2) is 0 Å². The monoisotopic (exact) mass is 413 g/mol. The highest BCUT2D eigenvalue weighted by molar-refractivity contribution is 7.19. The van der Waals surface area contributed by atoms with Crippen molar-refractivity contribution < 1.29 is 9.59 Å². The number of carbonyl (C=O) groups excluding carboxylic acids is 2. The van der Waals surface area contributed by atoms with E-state index < -0.39 is 0 Å². The maximum Gasteiger partial charge on any atom is 0.252 e. The number of rotatable bonds is 5.